The Labute approximate surface area is 598 Å². The Morgan fingerprint density at radius 3 is 1.27 bits per heavy atom. The molecule has 92 heavy (non-hydrogen) atoms. The molecular weight excluding hydrogens is 1340 g/mol. The molecule has 4 aromatic heterocycles. The SMILES string of the molecule is CC(=O)N[C@H]1[C@H]([C@H](O)[C@H](O)CNC(=O)c2ccc(-c3cccs3)s2)O[C@@](OCCCSCCNC(=O)c2ccc(C(=O)NCCSCCCO[C@]3(C(=O)[O-])C[C@H](O)[C@@H](NC(C)=O)[C@H]([C@H](O)[C@H](O)CNC(=O)c4ccc(-c5cccs5)s4)O3)cc2)(C(=O)[O-])C[C@@H]1O.[Na+].[Na+]. The number of nitrogens with one attached hydrogen (secondary N) is 6. The van der Waals surface area contributed by atoms with Crippen LogP contribution in [0.1, 0.15) is 79.6 Å². The minimum absolute atomic E-state index is 0. The number of carbonyl (C=O) groups is 8. The number of ether oxygens (including phenoxy) is 4. The van der Waals surface area contributed by atoms with Crippen LogP contribution in [0.2, 0.25) is 0 Å². The summed E-state index contributed by atoms with van der Waals surface area (Å²) >= 11 is 8.26. The monoisotopic (exact) mass is 1410 g/mol. The molecule has 12 N–H and O–H groups in total. The number of hydrogen-bond donors (Lipinski definition) is 12. The molecule has 0 unspecified atom stereocenters. The van der Waals surface area contributed by atoms with Gasteiger partial charge in [-0.15, -0.1) is 45.3 Å². The molecular formula is C58H70N6Na2O20S6. The summed E-state index contributed by atoms with van der Waals surface area (Å²) in [5.74, 6) is -10.4. The van der Waals surface area contributed by atoms with E-state index in [1.165, 1.54) is 93.1 Å². The van der Waals surface area contributed by atoms with Crippen LogP contribution in [0.3, 0.4) is 0 Å². The maximum Gasteiger partial charge on any atom is 1.00 e. The first-order valence-electron chi connectivity index (χ1n) is 28.4. The molecule has 0 saturated carbocycles. The van der Waals surface area contributed by atoms with Gasteiger partial charge in [-0.1, -0.05) is 12.1 Å². The number of thiophene rings is 4. The molecule has 12 atom stereocenters. The van der Waals surface area contributed by atoms with Gasteiger partial charge in [0, 0.05) is 95.0 Å². The topological polar surface area (TPSA) is 413 Å². The van der Waals surface area contributed by atoms with Gasteiger partial charge < -0.3 is 101 Å². The van der Waals surface area contributed by atoms with Gasteiger partial charge in [-0.05, 0) is 95.8 Å². The number of aliphatic carboxylic acids is 2. The third-order valence-corrected chi connectivity index (χ3v) is 20.5. The van der Waals surface area contributed by atoms with E-state index < -0.39 is 146 Å². The van der Waals surface area contributed by atoms with E-state index in [0.29, 0.717) is 32.8 Å². The zero-order valence-electron chi connectivity index (χ0n) is 50.6. The van der Waals surface area contributed by atoms with Gasteiger partial charge in [0.15, 0.2) is 0 Å². The quantitative estimate of drug-likeness (QED) is 0.0135. The maximum absolute atomic E-state index is 12.9. The normalized spacial score (nSPS) is 22.4. The fourth-order valence-corrected chi connectivity index (χ4v) is 14.7. The fourth-order valence-electron chi connectivity index (χ4n) is 9.60. The molecule has 0 bridgehead atoms. The summed E-state index contributed by atoms with van der Waals surface area (Å²) in [6.07, 6.45) is -15.0. The van der Waals surface area contributed by atoms with Gasteiger partial charge in [-0.2, -0.15) is 23.5 Å². The van der Waals surface area contributed by atoms with Crippen molar-refractivity contribution in [3.8, 4) is 19.5 Å². The number of benzene rings is 1. The van der Waals surface area contributed by atoms with E-state index in [1.54, 1.807) is 24.3 Å². The molecule has 6 amide bonds. The van der Waals surface area contributed by atoms with Crippen LogP contribution in [0, 0.1) is 0 Å². The molecule has 2 aliphatic rings. The number of aliphatic hydroxyl groups is 6. The predicted molar refractivity (Wildman–Crippen MR) is 333 cm³/mol. The number of aliphatic hydroxyl groups excluding tert-OH is 6. The van der Waals surface area contributed by atoms with Gasteiger partial charge in [0.25, 0.3) is 23.6 Å². The third kappa shape index (κ3) is 22.1. The first-order chi connectivity index (χ1) is 43.0. The van der Waals surface area contributed by atoms with Gasteiger partial charge in [-0.3, -0.25) is 28.8 Å². The molecule has 2 saturated heterocycles. The zero-order chi connectivity index (χ0) is 65.1. The largest absolute Gasteiger partial charge is 1.00 e. The first kappa shape index (κ1) is 78.8. The summed E-state index contributed by atoms with van der Waals surface area (Å²) < 4.78 is 22.9. The number of carboxylic acid groups (broad SMARTS) is 2. The molecule has 5 aromatic rings. The molecule has 26 nitrogen and oxygen atoms in total. The average molecular weight is 1410 g/mol. The Bertz CT molecular complexity index is 3000. The van der Waals surface area contributed by atoms with E-state index in [4.69, 9.17) is 18.9 Å². The van der Waals surface area contributed by atoms with Crippen molar-refractivity contribution in [2.24, 2.45) is 0 Å². The Kier molecular flexibility index (Phi) is 32.7. The summed E-state index contributed by atoms with van der Waals surface area (Å²) in [7, 11) is 0. The van der Waals surface area contributed by atoms with Crippen molar-refractivity contribution in [2.45, 2.75) is 112 Å². The molecule has 2 fully saturated rings. The first-order valence-corrected chi connectivity index (χ1v) is 34.1. The van der Waals surface area contributed by atoms with Gasteiger partial charge >= 0.3 is 59.1 Å². The molecule has 0 spiro atoms. The molecule has 6 heterocycles. The number of carbonyl (C=O) groups excluding carboxylic acids is 8. The van der Waals surface area contributed by atoms with Crippen molar-refractivity contribution < 1.29 is 157 Å². The summed E-state index contributed by atoms with van der Waals surface area (Å²) in [5, 5.41) is 111. The number of carboxylic acids is 2. The smallest absolute Gasteiger partial charge is 0.544 e. The molecule has 2 aliphatic heterocycles. The molecule has 490 valence electrons. The van der Waals surface area contributed by atoms with Crippen LogP contribution in [0.5, 0.6) is 0 Å². The van der Waals surface area contributed by atoms with Gasteiger partial charge in [0.05, 0.1) is 59.5 Å². The van der Waals surface area contributed by atoms with Crippen molar-refractivity contribution in [3.63, 3.8) is 0 Å². The number of amides is 6. The Hall–Kier alpha value is -3.92. The second-order valence-electron chi connectivity index (χ2n) is 20.8. The Morgan fingerprint density at radius 1 is 0.554 bits per heavy atom. The van der Waals surface area contributed by atoms with Gasteiger partial charge in [0.2, 0.25) is 23.4 Å². The summed E-state index contributed by atoms with van der Waals surface area (Å²) in [4.78, 5) is 105. The second kappa shape index (κ2) is 38.1. The standard InChI is InChI=1S/C58H72N6O20S6.2Na/c1-31(65)63-45-35(67)27-57(55(77)78,83-49(45)47(71)37(69)29-61-53(75)43-15-13-41(89-43)39-7-3-23-87-39)81-19-5-21-85-25-17-59-51(73)33-9-11-34(12-10-33)52(74)60-18-26-86-22-6-20-82-58(56(79)80)28-36(68)46(64-32(2)66)50(84-58)48(72)38(70)30-62-54(76)44-16-14-42(90-44)40-8-4-24-88-40;;/h3-4,7-16,23-24,35-38,45-50,67-72H,5-6,17-22,25-30H2,1-2H3,(H,59,73)(H,60,74)(H,61,75)(H,62,76)(H,63,65)(H,64,66)(H,77,78)(H,79,80);;/q;2*+1/p-2/t35-,36-,37+,38+,45+,46+,47+,48+,49+,50+,57+,58+;;/m0../s1. The van der Waals surface area contributed by atoms with Gasteiger partial charge in [-0.25, -0.2) is 0 Å². The predicted octanol–water partition coefficient (Wildman–Crippen LogP) is -6.48. The van der Waals surface area contributed by atoms with Crippen LogP contribution in [0.4, 0.5) is 0 Å². The van der Waals surface area contributed by atoms with Crippen LogP contribution in [-0.4, -0.2) is 213 Å². The summed E-state index contributed by atoms with van der Waals surface area (Å²) in [6, 6.07) is 17.5. The van der Waals surface area contributed by atoms with Crippen molar-refractivity contribution in [1.82, 2.24) is 31.9 Å². The van der Waals surface area contributed by atoms with Crippen LogP contribution in [-0.2, 0) is 38.1 Å². The van der Waals surface area contributed by atoms with Crippen molar-refractivity contribution >= 4 is 116 Å². The van der Waals surface area contributed by atoms with Gasteiger partial charge in [0.1, 0.15) is 36.4 Å². The van der Waals surface area contributed by atoms with E-state index >= 15 is 0 Å². The van der Waals surface area contributed by atoms with E-state index in [2.05, 4.69) is 31.9 Å². The minimum atomic E-state index is -2.59. The van der Waals surface area contributed by atoms with Crippen LogP contribution in [0.25, 0.3) is 19.5 Å². The molecule has 0 radical (unpaired) electrons. The average Bonchev–Trinajstić information content (AvgIpc) is 0.910. The zero-order valence-corrected chi connectivity index (χ0v) is 59.5. The molecule has 0 aliphatic carbocycles. The second-order valence-corrected chi connectivity index (χ2v) is 27.3. The van der Waals surface area contributed by atoms with E-state index in [9.17, 15) is 79.2 Å². The molecule has 34 heteroatoms. The Morgan fingerprint density at radius 2 is 0.935 bits per heavy atom. The van der Waals surface area contributed by atoms with Crippen LogP contribution in [0.15, 0.2) is 83.6 Å². The van der Waals surface area contributed by atoms with Crippen LogP contribution < -0.4 is 101 Å². The number of thioether (sulfide) groups is 2. The third-order valence-electron chi connectivity index (χ3n) is 14.1. The Balaban J connectivity index is 0.00000768. The minimum Gasteiger partial charge on any atom is -0.544 e. The van der Waals surface area contributed by atoms with E-state index in [-0.39, 0.29) is 109 Å². The fraction of sp³-hybridized carbons (Fsp3) is 0.483. The number of rotatable bonds is 34. The van der Waals surface area contributed by atoms with Crippen molar-refractivity contribution in [1.29, 1.82) is 0 Å². The molecule has 7 rings (SSSR count). The van der Waals surface area contributed by atoms with Crippen molar-refractivity contribution in [2.75, 3.05) is 62.4 Å². The van der Waals surface area contributed by atoms with E-state index in [0.717, 1.165) is 33.4 Å². The van der Waals surface area contributed by atoms with Crippen molar-refractivity contribution in [3.05, 3.63) is 104 Å². The van der Waals surface area contributed by atoms with Crippen LogP contribution >= 0.6 is 68.9 Å². The summed E-state index contributed by atoms with van der Waals surface area (Å²) in [6.45, 7) is 1.31. The maximum atomic E-state index is 12.9. The summed E-state index contributed by atoms with van der Waals surface area (Å²) in [5.41, 5.74) is 0.580. The van der Waals surface area contributed by atoms with E-state index in [1.807, 2.05) is 35.0 Å². The molecule has 1 aromatic carbocycles. The number of hydrogen-bond acceptors (Lipinski definition) is 26.